The highest BCUT2D eigenvalue weighted by Gasteiger charge is 2.32. The Morgan fingerprint density at radius 3 is 2.68 bits per heavy atom. The molecule has 3 unspecified atom stereocenters. The van der Waals surface area contributed by atoms with Crippen molar-refractivity contribution >= 4 is 5.91 Å². The first-order chi connectivity index (χ1) is 9.08. The molecule has 0 bridgehead atoms. The fourth-order valence-corrected chi connectivity index (χ4v) is 3.36. The van der Waals surface area contributed by atoms with Gasteiger partial charge in [0, 0.05) is 25.0 Å². The summed E-state index contributed by atoms with van der Waals surface area (Å²) in [7, 11) is 0. The zero-order valence-corrected chi connectivity index (χ0v) is 12.3. The van der Waals surface area contributed by atoms with Crippen molar-refractivity contribution in [1.82, 2.24) is 10.2 Å². The van der Waals surface area contributed by atoms with Crippen LogP contribution in [0.4, 0.5) is 0 Å². The predicted octanol–water partition coefficient (Wildman–Crippen LogP) is 1.53. The van der Waals surface area contributed by atoms with Gasteiger partial charge in [0.25, 0.3) is 0 Å². The third-order valence-electron chi connectivity index (χ3n) is 4.39. The topological polar surface area (TPSA) is 52.6 Å². The van der Waals surface area contributed by atoms with Crippen LogP contribution in [0.25, 0.3) is 0 Å². The number of rotatable bonds is 4. The van der Waals surface area contributed by atoms with E-state index in [2.05, 4.69) is 19.2 Å². The third-order valence-corrected chi connectivity index (χ3v) is 4.39. The average molecular weight is 268 g/mol. The van der Waals surface area contributed by atoms with Gasteiger partial charge in [-0.2, -0.15) is 0 Å². The van der Waals surface area contributed by atoms with Gasteiger partial charge in [0.15, 0.2) is 0 Å². The average Bonchev–Trinajstić information content (AvgIpc) is 2.36. The minimum Gasteiger partial charge on any atom is -0.393 e. The number of carbonyl (C=O) groups excluding carboxylic acids is 1. The second kappa shape index (κ2) is 6.71. The molecule has 110 valence electrons. The van der Waals surface area contributed by atoms with Gasteiger partial charge in [-0.15, -0.1) is 0 Å². The zero-order valence-electron chi connectivity index (χ0n) is 12.3. The van der Waals surface area contributed by atoms with Crippen molar-refractivity contribution in [2.75, 3.05) is 13.1 Å². The summed E-state index contributed by atoms with van der Waals surface area (Å²) in [6.45, 7) is 5.77. The van der Waals surface area contributed by atoms with E-state index >= 15 is 0 Å². The monoisotopic (exact) mass is 268 g/mol. The summed E-state index contributed by atoms with van der Waals surface area (Å²) in [5, 5.41) is 13.4. The van der Waals surface area contributed by atoms with Crippen LogP contribution >= 0.6 is 0 Å². The number of aliphatic hydroxyl groups is 1. The molecule has 2 aliphatic rings. The molecule has 1 saturated carbocycles. The number of likely N-dealkylation sites (tertiary alicyclic amines) is 1. The summed E-state index contributed by atoms with van der Waals surface area (Å²) in [5.41, 5.74) is 0. The maximum Gasteiger partial charge on any atom is 0.239 e. The maximum absolute atomic E-state index is 12.4. The molecular weight excluding hydrogens is 240 g/mol. The molecule has 0 aromatic carbocycles. The van der Waals surface area contributed by atoms with E-state index < -0.39 is 0 Å². The van der Waals surface area contributed by atoms with Gasteiger partial charge in [0.1, 0.15) is 0 Å². The number of hydrogen-bond donors (Lipinski definition) is 2. The quantitative estimate of drug-likeness (QED) is 0.813. The Morgan fingerprint density at radius 1 is 1.26 bits per heavy atom. The van der Waals surface area contributed by atoms with Crippen molar-refractivity contribution in [3.63, 3.8) is 0 Å². The lowest BCUT2D eigenvalue weighted by Gasteiger charge is -2.38. The van der Waals surface area contributed by atoms with Gasteiger partial charge in [-0.25, -0.2) is 0 Å². The van der Waals surface area contributed by atoms with Crippen molar-refractivity contribution in [2.24, 2.45) is 5.92 Å². The molecule has 1 heterocycles. The van der Waals surface area contributed by atoms with Crippen molar-refractivity contribution in [3.8, 4) is 0 Å². The fraction of sp³-hybridized carbons (Fsp3) is 0.933. The first-order valence-corrected chi connectivity index (χ1v) is 7.81. The lowest BCUT2D eigenvalue weighted by atomic mass is 9.85. The summed E-state index contributed by atoms with van der Waals surface area (Å²) in [5.74, 6) is 0.522. The SMILES string of the molecule is CC(C)NC1CCCN(CC2CCCCC2O)C1=O. The minimum atomic E-state index is -0.208. The summed E-state index contributed by atoms with van der Waals surface area (Å²) in [6.07, 6.45) is 6.09. The maximum atomic E-state index is 12.4. The van der Waals surface area contributed by atoms with E-state index in [9.17, 15) is 9.90 Å². The van der Waals surface area contributed by atoms with Gasteiger partial charge in [-0.05, 0) is 25.7 Å². The molecule has 0 radical (unpaired) electrons. The number of nitrogens with one attached hydrogen (secondary N) is 1. The van der Waals surface area contributed by atoms with E-state index in [1.54, 1.807) is 0 Å². The Hall–Kier alpha value is -0.610. The van der Waals surface area contributed by atoms with Gasteiger partial charge in [0.05, 0.1) is 12.1 Å². The minimum absolute atomic E-state index is 0.0190. The van der Waals surface area contributed by atoms with Crippen molar-refractivity contribution in [2.45, 2.75) is 70.6 Å². The van der Waals surface area contributed by atoms with Crippen molar-refractivity contribution in [1.29, 1.82) is 0 Å². The van der Waals surface area contributed by atoms with E-state index in [1.165, 1.54) is 6.42 Å². The van der Waals surface area contributed by atoms with E-state index in [-0.39, 0.29) is 24.0 Å². The molecule has 1 saturated heterocycles. The molecule has 0 aromatic heterocycles. The highest BCUT2D eigenvalue weighted by Crippen LogP contribution is 2.26. The Morgan fingerprint density at radius 2 is 2.00 bits per heavy atom. The van der Waals surface area contributed by atoms with Crippen LogP contribution in [0.5, 0.6) is 0 Å². The molecule has 1 aliphatic carbocycles. The molecule has 3 atom stereocenters. The van der Waals surface area contributed by atoms with Crippen molar-refractivity contribution < 1.29 is 9.90 Å². The standard InChI is InChI=1S/C15H28N2O2/c1-11(2)16-13-7-5-9-17(15(13)19)10-12-6-3-4-8-14(12)18/h11-14,16,18H,3-10H2,1-2H3. The van der Waals surface area contributed by atoms with Gasteiger partial charge >= 0.3 is 0 Å². The Kier molecular flexibility index (Phi) is 5.22. The van der Waals surface area contributed by atoms with Crippen LogP contribution in [0.1, 0.15) is 52.4 Å². The zero-order chi connectivity index (χ0) is 13.8. The van der Waals surface area contributed by atoms with Crippen LogP contribution < -0.4 is 5.32 Å². The molecular formula is C15H28N2O2. The van der Waals surface area contributed by atoms with Crippen LogP contribution in [0.15, 0.2) is 0 Å². The van der Waals surface area contributed by atoms with Gasteiger partial charge in [-0.3, -0.25) is 4.79 Å². The molecule has 4 heteroatoms. The first-order valence-electron chi connectivity index (χ1n) is 7.81. The predicted molar refractivity (Wildman–Crippen MR) is 75.8 cm³/mol. The van der Waals surface area contributed by atoms with Crippen LogP contribution in [0, 0.1) is 5.92 Å². The molecule has 19 heavy (non-hydrogen) atoms. The lowest BCUT2D eigenvalue weighted by Crippen LogP contribution is -2.54. The van der Waals surface area contributed by atoms with E-state index in [0.29, 0.717) is 6.04 Å². The van der Waals surface area contributed by atoms with E-state index in [1.807, 2.05) is 4.90 Å². The third kappa shape index (κ3) is 3.93. The number of piperidine rings is 1. The molecule has 2 N–H and O–H groups in total. The van der Waals surface area contributed by atoms with Crippen LogP contribution in [0.3, 0.4) is 0 Å². The summed E-state index contributed by atoms with van der Waals surface area (Å²) in [6, 6.07) is 0.323. The van der Waals surface area contributed by atoms with E-state index in [4.69, 9.17) is 0 Å². The lowest BCUT2D eigenvalue weighted by molar-refractivity contribution is -0.137. The van der Waals surface area contributed by atoms with Gasteiger partial charge < -0.3 is 15.3 Å². The number of amides is 1. The molecule has 2 fully saturated rings. The molecule has 1 aliphatic heterocycles. The number of hydrogen-bond acceptors (Lipinski definition) is 3. The van der Waals surface area contributed by atoms with Crippen LogP contribution in [-0.2, 0) is 4.79 Å². The Labute approximate surface area is 116 Å². The van der Waals surface area contributed by atoms with Crippen LogP contribution in [0.2, 0.25) is 0 Å². The van der Waals surface area contributed by atoms with Crippen LogP contribution in [-0.4, -0.2) is 47.2 Å². The molecule has 4 nitrogen and oxygen atoms in total. The van der Waals surface area contributed by atoms with Crippen molar-refractivity contribution in [3.05, 3.63) is 0 Å². The highest BCUT2D eigenvalue weighted by molar-refractivity contribution is 5.82. The number of carbonyl (C=O) groups is 1. The number of aliphatic hydroxyl groups excluding tert-OH is 1. The number of nitrogens with zero attached hydrogens (tertiary/aromatic N) is 1. The molecule has 1 amide bonds. The highest BCUT2D eigenvalue weighted by atomic mass is 16.3. The Balaban J connectivity index is 1.90. The van der Waals surface area contributed by atoms with E-state index in [0.717, 1.165) is 45.2 Å². The Bertz CT molecular complexity index is 307. The molecule has 2 rings (SSSR count). The molecule has 0 spiro atoms. The normalized spacial score (nSPS) is 32.9. The van der Waals surface area contributed by atoms with Gasteiger partial charge in [-0.1, -0.05) is 26.7 Å². The first kappa shape index (κ1) is 14.8. The second-order valence-electron chi connectivity index (χ2n) is 6.41. The largest absolute Gasteiger partial charge is 0.393 e. The second-order valence-corrected chi connectivity index (χ2v) is 6.41. The summed E-state index contributed by atoms with van der Waals surface area (Å²) in [4.78, 5) is 14.4. The smallest absolute Gasteiger partial charge is 0.239 e. The fourth-order valence-electron chi connectivity index (χ4n) is 3.36. The van der Waals surface area contributed by atoms with Gasteiger partial charge in [0.2, 0.25) is 5.91 Å². The molecule has 0 aromatic rings. The summed E-state index contributed by atoms with van der Waals surface area (Å²) >= 11 is 0. The summed E-state index contributed by atoms with van der Waals surface area (Å²) < 4.78 is 0.